The Kier molecular flexibility index (Phi) is 8.85. The quantitative estimate of drug-likeness (QED) is 0.110. The van der Waals surface area contributed by atoms with Crippen LogP contribution in [0.4, 0.5) is 74.6 Å². The summed E-state index contributed by atoms with van der Waals surface area (Å²) in [6.07, 6.45) is -10.4. The van der Waals surface area contributed by atoms with E-state index in [-0.39, 0.29) is 0 Å². The van der Waals surface area contributed by atoms with Crippen LogP contribution in [0.1, 0.15) is 6.42 Å². The van der Waals surface area contributed by atoms with Crippen LogP contribution < -0.4 is 0 Å². The molecule has 0 spiro atoms. The van der Waals surface area contributed by atoms with E-state index in [1.54, 1.807) is 0 Å². The first-order valence-corrected chi connectivity index (χ1v) is 9.03. The van der Waals surface area contributed by atoms with Crippen LogP contribution >= 0.6 is 23.2 Å². The molecule has 0 bridgehead atoms. The molecule has 0 rings (SSSR count). The fraction of sp³-hybridized carbons (Fsp3) is 1.00. The van der Waals surface area contributed by atoms with E-state index in [9.17, 15) is 74.6 Å². The van der Waals surface area contributed by atoms with E-state index in [4.69, 9.17) is 23.2 Å². The van der Waals surface area contributed by atoms with Crippen molar-refractivity contribution in [1.82, 2.24) is 0 Å². The van der Waals surface area contributed by atoms with Crippen molar-refractivity contribution in [3.05, 3.63) is 0 Å². The van der Waals surface area contributed by atoms with Crippen molar-refractivity contribution >= 4 is 33.0 Å². The fourth-order valence-electron chi connectivity index (χ4n) is 1.68. The lowest BCUT2D eigenvalue weighted by Gasteiger charge is -2.42. The Labute approximate surface area is 178 Å². The van der Waals surface area contributed by atoms with Gasteiger partial charge < -0.3 is 4.43 Å². The Balaban J connectivity index is 6.30. The van der Waals surface area contributed by atoms with Crippen molar-refractivity contribution in [3.8, 4) is 0 Å². The summed E-state index contributed by atoms with van der Waals surface area (Å²) in [6, 6.07) is -1.43. The Hall–Kier alpha value is -0.433. The fourth-order valence-corrected chi connectivity index (χ4v) is 2.72. The van der Waals surface area contributed by atoms with Crippen LogP contribution in [0.15, 0.2) is 0 Å². The topological polar surface area (TPSA) is 9.23 Å². The van der Waals surface area contributed by atoms with Crippen molar-refractivity contribution < 1.29 is 79.1 Å². The second-order valence-corrected chi connectivity index (χ2v) is 7.71. The molecule has 0 N–H and O–H groups in total. The molecule has 0 aliphatic rings. The zero-order valence-corrected chi connectivity index (χ0v) is 16.6. The first kappa shape index (κ1) is 31.6. The van der Waals surface area contributed by atoms with Crippen LogP contribution in [0.2, 0.25) is 6.04 Å². The first-order chi connectivity index (χ1) is 13.7. The molecule has 0 unspecified atom stereocenters. The van der Waals surface area contributed by atoms with E-state index >= 15 is 0 Å². The highest BCUT2D eigenvalue weighted by Gasteiger charge is 2.95. The smallest absolute Gasteiger partial charge is 0.390 e. The second kappa shape index (κ2) is 8.97. The van der Waals surface area contributed by atoms with Gasteiger partial charge in [0, 0.05) is 6.42 Å². The van der Waals surface area contributed by atoms with Gasteiger partial charge in [0.1, 0.15) is 0 Å². The molecule has 192 valence electrons. The van der Waals surface area contributed by atoms with E-state index in [2.05, 4.69) is 4.43 Å². The molecule has 0 amide bonds. The molecule has 0 aromatic heterocycles. The summed E-state index contributed by atoms with van der Waals surface area (Å²) in [5, 5.41) is -1.77. The maximum absolute atomic E-state index is 13.5. The van der Waals surface area contributed by atoms with E-state index in [0.29, 0.717) is 0 Å². The molecule has 0 aliphatic carbocycles. The Bertz CT molecular complexity index is 647. The molecular weight excluding hydrogens is 570 g/mol. The minimum absolute atomic E-state index is 1.40. The molecule has 0 aromatic rings. The maximum Gasteiger partial charge on any atom is 0.460 e. The van der Waals surface area contributed by atoms with Gasteiger partial charge >= 0.3 is 47.6 Å². The average molecular weight is 575 g/mol. The zero-order chi connectivity index (χ0) is 26.4. The summed E-state index contributed by atoms with van der Waals surface area (Å²) in [6.45, 7) is 0. The second-order valence-electron chi connectivity index (χ2n) is 5.67. The monoisotopic (exact) mass is 574 g/mol. The van der Waals surface area contributed by atoms with Gasteiger partial charge in [0.2, 0.25) is 9.76 Å². The van der Waals surface area contributed by atoms with Crippen LogP contribution in [-0.4, -0.2) is 62.4 Å². The van der Waals surface area contributed by atoms with Gasteiger partial charge in [0.15, 0.2) is 5.02 Å². The molecule has 21 heteroatoms. The zero-order valence-electron chi connectivity index (χ0n) is 14.1. The van der Waals surface area contributed by atoms with Crippen LogP contribution in [-0.2, 0) is 4.43 Å². The molecule has 0 aliphatic heterocycles. The van der Waals surface area contributed by atoms with E-state index in [0.717, 1.165) is 0 Å². The summed E-state index contributed by atoms with van der Waals surface area (Å²) in [7, 11) is -1.40. The summed E-state index contributed by atoms with van der Waals surface area (Å²) < 4.78 is 225. The van der Waals surface area contributed by atoms with E-state index < -0.39 is 74.9 Å². The molecule has 2 radical (unpaired) electrons. The van der Waals surface area contributed by atoms with Gasteiger partial charge in [-0.2, -0.15) is 74.6 Å². The van der Waals surface area contributed by atoms with E-state index in [1.165, 1.54) is 0 Å². The minimum Gasteiger partial charge on any atom is -0.390 e. The standard InChI is InChI=1S/C11H5Cl2F17OSi/c12-3(13)31-32-2-1-4(14,15)5(16,17)6(18,19)7(20,21)8(22,23)9(24,25)10(26,27)11(28,29)30/h3H,1-2H2. The average Bonchev–Trinajstić information content (AvgIpc) is 2.56. The molecular formula is C11H5Cl2F17OSi. The van der Waals surface area contributed by atoms with Crippen LogP contribution in [0.3, 0.4) is 0 Å². The predicted octanol–water partition coefficient (Wildman–Crippen LogP) is 7.20. The van der Waals surface area contributed by atoms with Gasteiger partial charge in [-0.1, -0.05) is 23.2 Å². The first-order valence-electron chi connectivity index (χ1n) is 7.05. The van der Waals surface area contributed by atoms with Gasteiger partial charge in [-0.25, -0.2) is 0 Å². The van der Waals surface area contributed by atoms with E-state index in [1.807, 2.05) is 0 Å². The SMILES string of the molecule is FC(F)(F)C(F)(F)C(F)(F)C(F)(F)C(F)(F)C(F)(F)C(F)(F)C(F)(F)CC[Si]OC(Cl)Cl. The molecule has 32 heavy (non-hydrogen) atoms. The lowest BCUT2D eigenvalue weighted by molar-refractivity contribution is -0.461. The number of halogens is 19. The molecule has 0 aromatic carbocycles. The number of alkyl halides is 19. The Morgan fingerprint density at radius 3 is 1.16 bits per heavy atom. The highest BCUT2D eigenvalue weighted by molar-refractivity contribution is 6.45. The highest BCUT2D eigenvalue weighted by Crippen LogP contribution is 2.64. The van der Waals surface area contributed by atoms with Gasteiger partial charge in [-0.05, 0) is 6.04 Å². The van der Waals surface area contributed by atoms with Crippen molar-refractivity contribution in [2.45, 2.75) is 65.1 Å². The third-order valence-corrected chi connectivity index (χ3v) is 4.83. The number of hydrogen-bond donors (Lipinski definition) is 0. The minimum atomic E-state index is -8.63. The maximum atomic E-state index is 13.5. The highest BCUT2D eigenvalue weighted by atomic mass is 35.5. The molecule has 1 nitrogen and oxygen atoms in total. The van der Waals surface area contributed by atoms with Gasteiger partial charge in [-0.3, -0.25) is 0 Å². The molecule has 0 saturated heterocycles. The largest absolute Gasteiger partial charge is 0.460 e. The van der Waals surface area contributed by atoms with Crippen LogP contribution in [0, 0.1) is 0 Å². The van der Waals surface area contributed by atoms with Crippen molar-refractivity contribution in [1.29, 1.82) is 0 Å². The summed E-state index contributed by atoms with van der Waals surface area (Å²) in [5.74, 6) is -56.3. The number of hydrogen-bond acceptors (Lipinski definition) is 1. The summed E-state index contributed by atoms with van der Waals surface area (Å²) in [4.78, 5) is 0. The molecule has 0 saturated carbocycles. The molecule has 0 fully saturated rings. The van der Waals surface area contributed by atoms with Gasteiger partial charge in [0.25, 0.3) is 0 Å². The number of rotatable bonds is 11. The van der Waals surface area contributed by atoms with Crippen molar-refractivity contribution in [2.75, 3.05) is 0 Å². The Morgan fingerprint density at radius 2 is 0.844 bits per heavy atom. The summed E-state index contributed by atoms with van der Waals surface area (Å²) in [5.41, 5.74) is 0. The van der Waals surface area contributed by atoms with Crippen LogP contribution in [0.5, 0.6) is 0 Å². The predicted molar refractivity (Wildman–Crippen MR) is 72.4 cm³/mol. The van der Waals surface area contributed by atoms with Crippen LogP contribution in [0.25, 0.3) is 0 Å². The van der Waals surface area contributed by atoms with Crippen molar-refractivity contribution in [2.24, 2.45) is 0 Å². The van der Waals surface area contributed by atoms with Crippen molar-refractivity contribution in [3.63, 3.8) is 0 Å². The van der Waals surface area contributed by atoms with Gasteiger partial charge in [0.05, 0.1) is 0 Å². The normalized spacial score (nSPS) is 16.1. The third-order valence-electron chi connectivity index (χ3n) is 3.50. The molecule has 0 heterocycles. The Morgan fingerprint density at radius 1 is 0.531 bits per heavy atom. The molecule has 0 atom stereocenters. The van der Waals surface area contributed by atoms with Gasteiger partial charge in [-0.15, -0.1) is 0 Å². The summed E-state index contributed by atoms with van der Waals surface area (Å²) >= 11 is 9.82. The lowest BCUT2D eigenvalue weighted by atomic mass is 9.88. The third kappa shape index (κ3) is 4.85. The lowest BCUT2D eigenvalue weighted by Crippen LogP contribution is -2.74.